The third-order valence-corrected chi connectivity index (χ3v) is 2.04. The second-order valence-corrected chi connectivity index (χ2v) is 2.88. The number of nitrogens with one attached hydrogen (secondary N) is 1. The lowest BCUT2D eigenvalue weighted by atomic mass is 10.1. The number of benzene rings is 1. The van der Waals surface area contributed by atoms with Gasteiger partial charge in [0.05, 0.1) is 17.9 Å². The number of hydrogen-bond donors (Lipinski definition) is 1. The summed E-state index contributed by atoms with van der Waals surface area (Å²) in [6.07, 6.45) is 0. The van der Waals surface area contributed by atoms with E-state index in [0.717, 1.165) is 11.3 Å². The van der Waals surface area contributed by atoms with Crippen molar-refractivity contribution < 1.29 is 4.79 Å². The van der Waals surface area contributed by atoms with Crippen molar-refractivity contribution >= 4 is 11.6 Å². The fourth-order valence-electron chi connectivity index (χ4n) is 1.37. The SMILES string of the molecule is CN1CNC(=O)c2ccccc21. The molecule has 1 aliphatic rings. The second-order valence-electron chi connectivity index (χ2n) is 2.88. The van der Waals surface area contributed by atoms with Gasteiger partial charge >= 0.3 is 0 Å². The predicted octanol–water partition coefficient (Wildman–Crippen LogP) is 0.824. The van der Waals surface area contributed by atoms with E-state index in [-0.39, 0.29) is 5.91 Å². The minimum Gasteiger partial charge on any atom is -0.356 e. The first kappa shape index (κ1) is 7.16. The highest BCUT2D eigenvalue weighted by Crippen LogP contribution is 2.20. The fraction of sp³-hybridized carbons (Fsp3) is 0.222. The van der Waals surface area contributed by atoms with E-state index in [9.17, 15) is 4.79 Å². The normalized spacial score (nSPS) is 15.4. The van der Waals surface area contributed by atoms with Gasteiger partial charge in [0.15, 0.2) is 0 Å². The minimum absolute atomic E-state index is 0.0173. The maximum Gasteiger partial charge on any atom is 0.254 e. The van der Waals surface area contributed by atoms with Crippen LogP contribution < -0.4 is 10.2 Å². The van der Waals surface area contributed by atoms with Gasteiger partial charge in [0, 0.05) is 7.05 Å². The van der Waals surface area contributed by atoms with E-state index in [0.29, 0.717) is 6.67 Å². The molecule has 1 aromatic rings. The molecule has 62 valence electrons. The van der Waals surface area contributed by atoms with E-state index in [4.69, 9.17) is 0 Å². The molecule has 1 aromatic carbocycles. The summed E-state index contributed by atoms with van der Waals surface area (Å²) in [5.41, 5.74) is 1.76. The van der Waals surface area contributed by atoms with Crippen LogP contribution >= 0.6 is 0 Å². The van der Waals surface area contributed by atoms with Crippen molar-refractivity contribution in [2.75, 3.05) is 18.6 Å². The lowest BCUT2D eigenvalue weighted by Crippen LogP contribution is -2.41. The monoisotopic (exact) mass is 162 g/mol. The van der Waals surface area contributed by atoms with Crippen LogP contribution in [0.4, 0.5) is 5.69 Å². The molecule has 1 heterocycles. The van der Waals surface area contributed by atoms with Gasteiger partial charge in [0.2, 0.25) is 0 Å². The van der Waals surface area contributed by atoms with Crippen molar-refractivity contribution in [2.45, 2.75) is 0 Å². The lowest BCUT2D eigenvalue weighted by molar-refractivity contribution is 0.0948. The van der Waals surface area contributed by atoms with Gasteiger partial charge in [-0.25, -0.2) is 0 Å². The number of fused-ring (bicyclic) bond motifs is 1. The van der Waals surface area contributed by atoms with E-state index < -0.39 is 0 Å². The van der Waals surface area contributed by atoms with Gasteiger partial charge in [0.1, 0.15) is 0 Å². The molecule has 2 rings (SSSR count). The molecule has 1 N–H and O–H groups in total. The number of para-hydroxylation sites is 1. The summed E-state index contributed by atoms with van der Waals surface area (Å²) in [5.74, 6) is 0.0173. The first-order valence-electron chi connectivity index (χ1n) is 3.87. The maximum absolute atomic E-state index is 11.3. The van der Waals surface area contributed by atoms with Crippen LogP contribution in [0, 0.1) is 0 Å². The summed E-state index contributed by atoms with van der Waals surface area (Å²) in [6.45, 7) is 0.593. The number of nitrogens with zero attached hydrogens (tertiary/aromatic N) is 1. The van der Waals surface area contributed by atoms with Crippen molar-refractivity contribution in [1.82, 2.24) is 5.32 Å². The summed E-state index contributed by atoms with van der Waals surface area (Å²) in [7, 11) is 1.96. The highest BCUT2D eigenvalue weighted by molar-refractivity contribution is 6.01. The summed E-state index contributed by atoms with van der Waals surface area (Å²) in [5, 5.41) is 2.77. The van der Waals surface area contributed by atoms with E-state index in [1.165, 1.54) is 0 Å². The lowest BCUT2D eigenvalue weighted by Gasteiger charge is -2.27. The average molecular weight is 162 g/mol. The number of hydrogen-bond acceptors (Lipinski definition) is 2. The highest BCUT2D eigenvalue weighted by atomic mass is 16.1. The van der Waals surface area contributed by atoms with Crippen LogP contribution in [-0.4, -0.2) is 19.6 Å². The van der Waals surface area contributed by atoms with E-state index >= 15 is 0 Å². The van der Waals surface area contributed by atoms with Crippen LogP contribution in [0.25, 0.3) is 0 Å². The van der Waals surface area contributed by atoms with Gasteiger partial charge in [-0.2, -0.15) is 0 Å². The quantitative estimate of drug-likeness (QED) is 0.612. The van der Waals surface area contributed by atoms with Crippen LogP contribution in [0.5, 0.6) is 0 Å². The summed E-state index contributed by atoms with van der Waals surface area (Å²) in [6, 6.07) is 7.60. The van der Waals surface area contributed by atoms with Gasteiger partial charge in [-0.3, -0.25) is 4.79 Å². The third kappa shape index (κ3) is 0.942. The topological polar surface area (TPSA) is 32.3 Å². The van der Waals surface area contributed by atoms with Gasteiger partial charge in [-0.15, -0.1) is 0 Å². The van der Waals surface area contributed by atoms with Gasteiger partial charge in [-0.1, -0.05) is 12.1 Å². The zero-order chi connectivity index (χ0) is 8.55. The smallest absolute Gasteiger partial charge is 0.254 e. The maximum atomic E-state index is 11.3. The molecule has 0 aliphatic carbocycles. The zero-order valence-corrected chi connectivity index (χ0v) is 6.87. The van der Waals surface area contributed by atoms with E-state index in [2.05, 4.69) is 5.32 Å². The molecule has 0 bridgehead atoms. The van der Waals surface area contributed by atoms with Crippen molar-refractivity contribution in [2.24, 2.45) is 0 Å². The van der Waals surface area contributed by atoms with Crippen molar-refractivity contribution in [3.63, 3.8) is 0 Å². The van der Waals surface area contributed by atoms with E-state index in [1.54, 1.807) is 0 Å². The molecule has 0 radical (unpaired) electrons. The van der Waals surface area contributed by atoms with Crippen LogP contribution in [0.1, 0.15) is 10.4 Å². The Morgan fingerprint density at radius 3 is 2.92 bits per heavy atom. The Balaban J connectivity index is 2.55. The first-order valence-corrected chi connectivity index (χ1v) is 3.87. The van der Waals surface area contributed by atoms with Crippen molar-refractivity contribution in [1.29, 1.82) is 0 Å². The number of carbonyl (C=O) groups is 1. The Morgan fingerprint density at radius 2 is 2.17 bits per heavy atom. The molecule has 3 nitrogen and oxygen atoms in total. The number of amides is 1. The van der Waals surface area contributed by atoms with Crippen molar-refractivity contribution in [3.05, 3.63) is 29.8 Å². The van der Waals surface area contributed by atoms with Gasteiger partial charge in [0.25, 0.3) is 5.91 Å². The Kier molecular flexibility index (Phi) is 1.50. The Hall–Kier alpha value is -1.51. The molecule has 0 spiro atoms. The molecule has 1 amide bonds. The number of anilines is 1. The average Bonchev–Trinajstić information content (AvgIpc) is 2.12. The Morgan fingerprint density at radius 1 is 1.42 bits per heavy atom. The van der Waals surface area contributed by atoms with Crippen LogP contribution in [0.3, 0.4) is 0 Å². The predicted molar refractivity (Wildman–Crippen MR) is 47.2 cm³/mol. The second kappa shape index (κ2) is 2.52. The highest BCUT2D eigenvalue weighted by Gasteiger charge is 2.18. The molecular weight excluding hydrogens is 152 g/mol. The number of rotatable bonds is 0. The van der Waals surface area contributed by atoms with Crippen molar-refractivity contribution in [3.8, 4) is 0 Å². The zero-order valence-electron chi connectivity index (χ0n) is 6.87. The summed E-state index contributed by atoms with van der Waals surface area (Å²) in [4.78, 5) is 13.3. The standard InChI is InChI=1S/C9H10N2O/c1-11-6-10-9(12)7-4-2-3-5-8(7)11/h2-5H,6H2,1H3,(H,10,12). The third-order valence-electron chi connectivity index (χ3n) is 2.04. The van der Waals surface area contributed by atoms with Gasteiger partial charge < -0.3 is 10.2 Å². The Bertz CT molecular complexity index is 322. The molecule has 3 heteroatoms. The molecule has 0 saturated carbocycles. The van der Waals surface area contributed by atoms with Crippen LogP contribution in [0.2, 0.25) is 0 Å². The van der Waals surface area contributed by atoms with E-state index in [1.807, 2.05) is 36.2 Å². The minimum atomic E-state index is 0.0173. The molecule has 0 saturated heterocycles. The summed E-state index contributed by atoms with van der Waals surface area (Å²) >= 11 is 0. The molecule has 1 aliphatic heterocycles. The van der Waals surface area contributed by atoms with Gasteiger partial charge in [-0.05, 0) is 12.1 Å². The first-order chi connectivity index (χ1) is 5.79. The largest absolute Gasteiger partial charge is 0.356 e. The van der Waals surface area contributed by atoms with Crippen LogP contribution in [0.15, 0.2) is 24.3 Å². The molecule has 0 aromatic heterocycles. The molecule has 0 atom stereocenters. The molecule has 12 heavy (non-hydrogen) atoms. The Labute approximate surface area is 71.0 Å². The molecule has 0 unspecified atom stereocenters. The summed E-state index contributed by atoms with van der Waals surface area (Å²) < 4.78 is 0. The molecule has 0 fully saturated rings. The fourth-order valence-corrected chi connectivity index (χ4v) is 1.37. The molecular formula is C9H10N2O. The number of carbonyl (C=O) groups excluding carboxylic acids is 1. The van der Waals surface area contributed by atoms with Crippen LogP contribution in [-0.2, 0) is 0 Å².